The lowest BCUT2D eigenvalue weighted by atomic mass is 10.2. The Bertz CT molecular complexity index is 979. The molecule has 2 aromatic heterocycles. The number of rotatable bonds is 10. The number of thiazole rings is 1. The van der Waals surface area contributed by atoms with Crippen molar-refractivity contribution >= 4 is 50.3 Å². The van der Waals surface area contributed by atoms with Gasteiger partial charge in [-0.05, 0) is 30.4 Å². The number of nitrogens with one attached hydrogen (secondary N) is 2. The third-order valence-corrected chi connectivity index (χ3v) is 6.15. The molecular formula is C20H26N6O2S2. The molecule has 8 nitrogen and oxygen atoms in total. The highest BCUT2D eigenvalue weighted by Gasteiger charge is 2.13. The number of nitrogens with zero attached hydrogens (tertiary/aromatic N) is 4. The molecule has 0 aliphatic carbocycles. The maximum absolute atomic E-state index is 12.4. The Labute approximate surface area is 184 Å². The van der Waals surface area contributed by atoms with Crippen molar-refractivity contribution in [1.82, 2.24) is 19.9 Å². The van der Waals surface area contributed by atoms with E-state index in [0.29, 0.717) is 24.0 Å². The van der Waals surface area contributed by atoms with E-state index in [-0.39, 0.29) is 12.5 Å². The molecule has 1 aromatic carbocycles. The van der Waals surface area contributed by atoms with Crippen LogP contribution in [0.15, 0.2) is 35.5 Å². The zero-order chi connectivity index (χ0) is 21.5. The summed E-state index contributed by atoms with van der Waals surface area (Å²) in [5.74, 6) is 0.856. The number of fused-ring (bicyclic) bond motifs is 1. The Morgan fingerprint density at radius 1 is 1.27 bits per heavy atom. The highest BCUT2D eigenvalue weighted by molar-refractivity contribution is 7.98. The van der Waals surface area contributed by atoms with Gasteiger partial charge in [0.25, 0.3) is 5.91 Å². The molecule has 0 saturated heterocycles. The van der Waals surface area contributed by atoms with Crippen LogP contribution >= 0.6 is 23.1 Å². The van der Waals surface area contributed by atoms with Crippen LogP contribution in [0.2, 0.25) is 0 Å². The van der Waals surface area contributed by atoms with Crippen molar-refractivity contribution in [2.24, 2.45) is 5.92 Å². The van der Waals surface area contributed by atoms with Crippen molar-refractivity contribution in [2.75, 3.05) is 50.2 Å². The molecule has 3 N–H and O–H groups in total. The minimum atomic E-state index is -0.110. The number of aliphatic hydroxyl groups excluding tert-OH is 1. The monoisotopic (exact) mass is 446 g/mol. The molecule has 1 atom stereocenters. The highest BCUT2D eigenvalue weighted by atomic mass is 32.2. The molecule has 0 bridgehead atoms. The molecule has 3 rings (SSSR count). The molecule has 0 radical (unpaired) electrons. The predicted molar refractivity (Wildman–Crippen MR) is 124 cm³/mol. The van der Waals surface area contributed by atoms with Crippen LogP contribution in [0.25, 0.3) is 10.2 Å². The van der Waals surface area contributed by atoms with E-state index in [1.165, 1.54) is 16.2 Å². The fourth-order valence-electron chi connectivity index (χ4n) is 2.72. The van der Waals surface area contributed by atoms with Crippen molar-refractivity contribution in [3.8, 4) is 0 Å². The molecule has 0 aliphatic heterocycles. The van der Waals surface area contributed by atoms with Crippen molar-refractivity contribution in [3.63, 3.8) is 0 Å². The third kappa shape index (κ3) is 5.80. The van der Waals surface area contributed by atoms with Gasteiger partial charge < -0.3 is 20.6 Å². The predicted octanol–water partition coefficient (Wildman–Crippen LogP) is 3.03. The lowest BCUT2D eigenvalue weighted by Crippen LogP contribution is -2.29. The highest BCUT2D eigenvalue weighted by Crippen LogP contribution is 2.27. The van der Waals surface area contributed by atoms with Gasteiger partial charge in [0.15, 0.2) is 5.13 Å². The number of carbonyl (C=O) groups excluding carboxylic acids is 1. The van der Waals surface area contributed by atoms with E-state index in [1.54, 1.807) is 24.9 Å². The SMILES string of the molecule is CSc1cnc(NC[C@H](C)CNc2nc3ccc(C(=O)N(C)CCO)cc3s2)nc1. The second-order valence-electron chi connectivity index (χ2n) is 6.97. The van der Waals surface area contributed by atoms with Gasteiger partial charge in [-0.15, -0.1) is 11.8 Å². The van der Waals surface area contributed by atoms with E-state index in [4.69, 9.17) is 5.11 Å². The fourth-order valence-corrected chi connectivity index (χ4v) is 3.95. The smallest absolute Gasteiger partial charge is 0.253 e. The van der Waals surface area contributed by atoms with Gasteiger partial charge in [-0.1, -0.05) is 18.3 Å². The van der Waals surface area contributed by atoms with Crippen LogP contribution in [0.5, 0.6) is 0 Å². The van der Waals surface area contributed by atoms with Crippen LogP contribution < -0.4 is 10.6 Å². The second-order valence-corrected chi connectivity index (χ2v) is 8.88. The van der Waals surface area contributed by atoms with Crippen LogP contribution in [0, 0.1) is 5.92 Å². The number of amides is 1. The molecule has 0 spiro atoms. The molecule has 160 valence electrons. The van der Waals surface area contributed by atoms with E-state index in [1.807, 2.05) is 30.8 Å². The third-order valence-electron chi connectivity index (χ3n) is 4.49. The van der Waals surface area contributed by atoms with Gasteiger partial charge in [-0.25, -0.2) is 15.0 Å². The van der Waals surface area contributed by atoms with Gasteiger partial charge >= 0.3 is 0 Å². The number of thioether (sulfide) groups is 1. The molecule has 3 aromatic rings. The Kier molecular flexibility index (Phi) is 7.83. The topological polar surface area (TPSA) is 103 Å². The minimum Gasteiger partial charge on any atom is -0.395 e. The van der Waals surface area contributed by atoms with Crippen LogP contribution in [0.4, 0.5) is 11.1 Å². The molecule has 0 fully saturated rings. The molecule has 2 heterocycles. The van der Waals surface area contributed by atoms with Crippen LogP contribution in [0.3, 0.4) is 0 Å². The Morgan fingerprint density at radius 3 is 2.70 bits per heavy atom. The summed E-state index contributed by atoms with van der Waals surface area (Å²) in [4.78, 5) is 28.1. The summed E-state index contributed by atoms with van der Waals surface area (Å²) in [5, 5.41) is 16.5. The van der Waals surface area contributed by atoms with E-state index < -0.39 is 0 Å². The lowest BCUT2D eigenvalue weighted by Gasteiger charge is -2.15. The van der Waals surface area contributed by atoms with Crippen LogP contribution in [-0.4, -0.2) is 70.4 Å². The van der Waals surface area contributed by atoms with Crippen LogP contribution in [0.1, 0.15) is 17.3 Å². The van der Waals surface area contributed by atoms with Crippen molar-refractivity contribution in [3.05, 3.63) is 36.2 Å². The first-order valence-electron chi connectivity index (χ1n) is 9.61. The summed E-state index contributed by atoms with van der Waals surface area (Å²) in [6, 6.07) is 5.49. The average Bonchev–Trinajstić information content (AvgIpc) is 3.18. The summed E-state index contributed by atoms with van der Waals surface area (Å²) in [7, 11) is 1.68. The van der Waals surface area contributed by atoms with E-state index in [9.17, 15) is 4.79 Å². The summed E-state index contributed by atoms with van der Waals surface area (Å²) >= 11 is 3.14. The molecular weight excluding hydrogens is 420 g/mol. The van der Waals surface area contributed by atoms with Gasteiger partial charge in [-0.2, -0.15) is 0 Å². The second kappa shape index (κ2) is 10.6. The van der Waals surface area contributed by atoms with Crippen molar-refractivity contribution < 1.29 is 9.90 Å². The van der Waals surface area contributed by atoms with Crippen LogP contribution in [-0.2, 0) is 0 Å². The molecule has 0 aliphatic rings. The molecule has 30 heavy (non-hydrogen) atoms. The summed E-state index contributed by atoms with van der Waals surface area (Å²) in [6.07, 6.45) is 5.62. The van der Waals surface area contributed by atoms with Gasteiger partial charge in [0, 0.05) is 49.5 Å². The Morgan fingerprint density at radius 2 is 2.00 bits per heavy atom. The van der Waals surface area contributed by atoms with E-state index in [2.05, 4.69) is 32.5 Å². The van der Waals surface area contributed by atoms with Gasteiger partial charge in [-0.3, -0.25) is 4.79 Å². The number of hydrogen-bond acceptors (Lipinski definition) is 9. The summed E-state index contributed by atoms with van der Waals surface area (Å²) in [5.41, 5.74) is 1.45. The standard InChI is InChI=1S/C20H26N6O2S2/c1-13(9-21-19-22-11-15(29-3)12-23-19)10-24-20-25-16-5-4-14(8-17(16)30-20)18(28)26(2)6-7-27/h4-5,8,11-13,27H,6-7,9-10H2,1-3H3,(H,24,25)(H,21,22,23)/t13-/m0/s1. The number of aliphatic hydroxyl groups is 1. The molecule has 10 heteroatoms. The fraction of sp³-hybridized carbons (Fsp3) is 0.400. The van der Waals surface area contributed by atoms with E-state index in [0.717, 1.165) is 33.3 Å². The molecule has 1 amide bonds. The quantitative estimate of drug-likeness (QED) is 0.408. The van der Waals surface area contributed by atoms with Crippen molar-refractivity contribution in [2.45, 2.75) is 11.8 Å². The van der Waals surface area contributed by atoms with Gasteiger partial charge in [0.05, 0.1) is 16.8 Å². The number of benzene rings is 1. The number of hydrogen-bond donors (Lipinski definition) is 3. The maximum atomic E-state index is 12.4. The number of anilines is 2. The first-order chi connectivity index (χ1) is 14.5. The minimum absolute atomic E-state index is 0.0542. The number of carbonyl (C=O) groups is 1. The molecule has 0 saturated carbocycles. The Balaban J connectivity index is 1.54. The van der Waals surface area contributed by atoms with Gasteiger partial charge in [0.2, 0.25) is 5.95 Å². The van der Waals surface area contributed by atoms with Gasteiger partial charge in [0.1, 0.15) is 0 Å². The first-order valence-corrected chi connectivity index (χ1v) is 11.6. The zero-order valence-electron chi connectivity index (χ0n) is 17.3. The average molecular weight is 447 g/mol. The number of aromatic nitrogens is 3. The summed E-state index contributed by atoms with van der Waals surface area (Å²) in [6.45, 7) is 3.89. The first kappa shape index (κ1) is 22.3. The maximum Gasteiger partial charge on any atom is 0.253 e. The van der Waals surface area contributed by atoms with E-state index >= 15 is 0 Å². The summed E-state index contributed by atoms with van der Waals surface area (Å²) < 4.78 is 0.953. The lowest BCUT2D eigenvalue weighted by molar-refractivity contribution is 0.0767. The normalized spacial score (nSPS) is 12.0. The number of likely N-dealkylation sites (N-methyl/N-ethyl adjacent to an activating group) is 1. The largest absolute Gasteiger partial charge is 0.395 e. The molecule has 0 unspecified atom stereocenters. The van der Waals surface area contributed by atoms with Crippen molar-refractivity contribution in [1.29, 1.82) is 0 Å². The Hall–Kier alpha value is -2.43. The zero-order valence-corrected chi connectivity index (χ0v) is 18.9.